The van der Waals surface area contributed by atoms with Gasteiger partial charge in [0.05, 0.1) is 18.1 Å². The van der Waals surface area contributed by atoms with Crippen LogP contribution in [0.1, 0.15) is 0 Å². The zero-order valence-electron chi connectivity index (χ0n) is 25.3. The third kappa shape index (κ3) is 4.58. The number of hydrogen-bond acceptors (Lipinski definition) is 3. The van der Waals surface area contributed by atoms with Gasteiger partial charge in [0.15, 0.2) is 0 Å². The normalized spacial score (nSPS) is 11.3. The number of pyridine rings is 2. The van der Waals surface area contributed by atoms with Crippen LogP contribution in [0.25, 0.3) is 77.6 Å². The van der Waals surface area contributed by atoms with Crippen molar-refractivity contribution in [3.63, 3.8) is 0 Å². The predicted octanol–water partition coefficient (Wildman–Crippen LogP) is 9.61. The van der Waals surface area contributed by atoms with Gasteiger partial charge in [0.1, 0.15) is 17.0 Å². The van der Waals surface area contributed by atoms with E-state index in [2.05, 4.69) is 111 Å². The molecule has 5 nitrogen and oxygen atoms in total. The van der Waals surface area contributed by atoms with Gasteiger partial charge in [-0.2, -0.15) is 24.3 Å². The van der Waals surface area contributed by atoms with E-state index in [0.717, 1.165) is 83.4 Å². The van der Waals surface area contributed by atoms with Gasteiger partial charge in [0, 0.05) is 33.3 Å². The van der Waals surface area contributed by atoms with Crippen LogP contribution in [0.3, 0.4) is 0 Å². The van der Waals surface area contributed by atoms with E-state index >= 15 is 0 Å². The van der Waals surface area contributed by atoms with Crippen LogP contribution in [0, 0.1) is 12.1 Å². The van der Waals surface area contributed by atoms with E-state index in [4.69, 9.17) is 9.72 Å². The number of benzene rings is 5. The molecule has 0 spiro atoms. The Kier molecular flexibility index (Phi) is 7.20. The molecule has 0 bridgehead atoms. The van der Waals surface area contributed by atoms with E-state index in [-0.39, 0.29) is 21.1 Å². The molecular weight excluding hydrogens is 760 g/mol. The van der Waals surface area contributed by atoms with Crippen molar-refractivity contribution in [3.8, 4) is 39.5 Å². The number of fused-ring (bicyclic) bond motifs is 6. The first-order chi connectivity index (χ1) is 22.8. The Morgan fingerprint density at radius 2 is 1.26 bits per heavy atom. The fourth-order valence-corrected chi connectivity index (χ4v) is 6.70. The Bertz CT molecular complexity index is 2550. The molecule has 0 unspecified atom stereocenters. The Hall–Kier alpha value is -5.51. The van der Waals surface area contributed by atoms with Crippen LogP contribution < -0.4 is 4.74 Å². The van der Waals surface area contributed by atoms with Gasteiger partial charge in [-0.1, -0.05) is 66.4 Å². The van der Waals surface area contributed by atoms with Gasteiger partial charge in [-0.15, -0.1) is 35.9 Å². The van der Waals surface area contributed by atoms with Crippen LogP contribution in [0.15, 0.2) is 140 Å². The fourth-order valence-electron chi connectivity index (χ4n) is 6.70. The molecule has 5 aromatic carbocycles. The molecule has 0 saturated heterocycles. The van der Waals surface area contributed by atoms with Crippen molar-refractivity contribution in [1.29, 1.82) is 0 Å². The standard InChI is InChI=1S/C41H26N4O.Pt/c1-46-31-23-21-27(22-24-31)37-38-32-16-5-7-19-35(32)44(29-13-3-2-4-14-29)40(38)43-41-39(37)33-17-6-8-20-36(33)45(41)30-15-11-12-28(26-30)34-18-9-10-25-42-34;/h2-13,15-25H,1H3;/q-2;+2. The van der Waals surface area contributed by atoms with Crippen LogP contribution in [-0.4, -0.2) is 26.2 Å². The van der Waals surface area contributed by atoms with Crippen LogP contribution in [0.4, 0.5) is 0 Å². The van der Waals surface area contributed by atoms with Crippen molar-refractivity contribution in [1.82, 2.24) is 19.1 Å². The number of rotatable bonds is 5. The second-order valence-corrected chi connectivity index (χ2v) is 11.2. The van der Waals surface area contributed by atoms with Gasteiger partial charge in [-0.25, -0.2) is 4.98 Å². The number of hydrogen-bond donors (Lipinski definition) is 0. The van der Waals surface area contributed by atoms with Gasteiger partial charge < -0.3 is 18.9 Å². The van der Waals surface area contributed by atoms with Gasteiger partial charge >= 0.3 is 21.1 Å². The summed E-state index contributed by atoms with van der Waals surface area (Å²) in [4.78, 5) is 10.2. The number of para-hydroxylation sites is 3. The van der Waals surface area contributed by atoms with Crippen molar-refractivity contribution in [2.45, 2.75) is 0 Å². The Labute approximate surface area is 286 Å². The fraction of sp³-hybridized carbons (Fsp3) is 0.0244. The molecule has 0 saturated carbocycles. The topological polar surface area (TPSA) is 44.9 Å². The first-order valence-electron chi connectivity index (χ1n) is 15.2. The summed E-state index contributed by atoms with van der Waals surface area (Å²) in [6.07, 6.45) is 1.81. The predicted molar refractivity (Wildman–Crippen MR) is 186 cm³/mol. The smallest absolute Gasteiger partial charge is 0.497 e. The van der Waals surface area contributed by atoms with Crippen LogP contribution in [-0.2, 0) is 21.1 Å². The maximum absolute atomic E-state index is 5.57. The quantitative estimate of drug-likeness (QED) is 0.163. The minimum absolute atomic E-state index is 0. The molecule has 0 amide bonds. The maximum atomic E-state index is 5.57. The molecule has 0 atom stereocenters. The largest absolute Gasteiger partial charge is 2.00 e. The van der Waals surface area contributed by atoms with E-state index in [9.17, 15) is 0 Å². The maximum Gasteiger partial charge on any atom is 2.00 e. The summed E-state index contributed by atoms with van der Waals surface area (Å²) in [7, 11) is 1.70. The molecule has 9 aromatic rings. The molecule has 0 radical (unpaired) electrons. The first kappa shape index (κ1) is 28.9. The van der Waals surface area contributed by atoms with E-state index in [0.29, 0.717) is 0 Å². The SMILES string of the molecule is COc1ccc(-c2c3c4ccccc4n(-c4[c-]cccc4)c3nc3c2c2ccccc2n3-c2[c-]c(-c3ccccn3)ccc2)cc1.[Pt+2]. The van der Waals surface area contributed by atoms with Crippen molar-refractivity contribution in [2.75, 3.05) is 7.11 Å². The Morgan fingerprint density at radius 3 is 1.89 bits per heavy atom. The Morgan fingerprint density at radius 1 is 0.617 bits per heavy atom. The molecule has 0 N–H and O–H groups in total. The van der Waals surface area contributed by atoms with Gasteiger partial charge in [0.25, 0.3) is 0 Å². The van der Waals surface area contributed by atoms with E-state index < -0.39 is 0 Å². The molecule has 0 aliphatic carbocycles. The van der Waals surface area contributed by atoms with Crippen LogP contribution in [0.5, 0.6) is 5.75 Å². The number of ether oxygens (including phenoxy) is 1. The third-order valence-electron chi connectivity index (χ3n) is 8.68. The second kappa shape index (κ2) is 11.7. The number of nitrogens with zero attached hydrogens (tertiary/aromatic N) is 4. The zero-order valence-corrected chi connectivity index (χ0v) is 27.6. The summed E-state index contributed by atoms with van der Waals surface area (Å²) >= 11 is 0. The first-order valence-corrected chi connectivity index (χ1v) is 15.2. The minimum atomic E-state index is 0. The van der Waals surface area contributed by atoms with Crippen molar-refractivity contribution in [2.24, 2.45) is 0 Å². The molecule has 0 fully saturated rings. The summed E-state index contributed by atoms with van der Waals surface area (Å²) < 4.78 is 10.0. The second-order valence-electron chi connectivity index (χ2n) is 11.2. The zero-order chi connectivity index (χ0) is 30.6. The average Bonchev–Trinajstić information content (AvgIpc) is 3.64. The molecule has 6 heteroatoms. The monoisotopic (exact) mass is 785 g/mol. The van der Waals surface area contributed by atoms with E-state index in [1.165, 1.54) is 0 Å². The molecular formula is C41H26N4OPt. The molecule has 9 rings (SSSR count). The molecule has 4 aromatic heterocycles. The third-order valence-corrected chi connectivity index (χ3v) is 8.68. The summed E-state index contributed by atoms with van der Waals surface area (Å²) in [5.74, 6) is 0.815. The van der Waals surface area contributed by atoms with Crippen molar-refractivity contribution < 1.29 is 25.8 Å². The van der Waals surface area contributed by atoms with Gasteiger partial charge in [-0.3, -0.25) is 0 Å². The van der Waals surface area contributed by atoms with Crippen molar-refractivity contribution in [3.05, 3.63) is 152 Å². The molecule has 0 aliphatic heterocycles. The summed E-state index contributed by atoms with van der Waals surface area (Å²) in [5.41, 5.74) is 9.71. The molecule has 0 aliphatic rings. The Balaban J connectivity index is 0.00000324. The van der Waals surface area contributed by atoms with Crippen molar-refractivity contribution >= 4 is 43.9 Å². The summed E-state index contributed by atoms with van der Waals surface area (Å²) in [6.45, 7) is 0. The number of methoxy groups -OCH3 is 1. The van der Waals surface area contributed by atoms with Gasteiger partial charge in [-0.05, 0) is 47.3 Å². The molecule has 226 valence electrons. The minimum Gasteiger partial charge on any atom is -0.497 e. The summed E-state index contributed by atoms with van der Waals surface area (Å²) in [5, 5.41) is 4.44. The average molecular weight is 786 g/mol. The van der Waals surface area contributed by atoms with E-state index in [1.807, 2.05) is 54.7 Å². The van der Waals surface area contributed by atoms with Crippen LogP contribution >= 0.6 is 0 Å². The van der Waals surface area contributed by atoms with Gasteiger partial charge in [0.2, 0.25) is 0 Å². The molecule has 4 heterocycles. The molecule has 47 heavy (non-hydrogen) atoms. The summed E-state index contributed by atoms with van der Waals surface area (Å²) in [6, 6.07) is 52.8. The number of aromatic nitrogens is 4. The van der Waals surface area contributed by atoms with Crippen LogP contribution in [0.2, 0.25) is 0 Å². The van der Waals surface area contributed by atoms with E-state index in [1.54, 1.807) is 7.11 Å².